The maximum absolute atomic E-state index is 11.6. The zero-order chi connectivity index (χ0) is 15.1. The van der Waals surface area contributed by atoms with Crippen molar-refractivity contribution in [3.05, 3.63) is 60.2 Å². The summed E-state index contributed by atoms with van der Waals surface area (Å²) in [5.41, 5.74) is 0.773. The third kappa shape index (κ3) is 5.04. The zero-order valence-electron chi connectivity index (χ0n) is 12.0. The van der Waals surface area contributed by atoms with Crippen molar-refractivity contribution in [2.75, 3.05) is 0 Å². The summed E-state index contributed by atoms with van der Waals surface area (Å²) >= 11 is 0. The normalized spacial score (nSPS) is 9.67. The van der Waals surface area contributed by atoms with Gasteiger partial charge in [0.25, 0.3) is 0 Å². The minimum absolute atomic E-state index is 0.107. The smallest absolute Gasteiger partial charge is 0.390 e. The average Bonchev–Trinajstić information content (AvgIpc) is 2.48. The number of hydrogen-bond acceptors (Lipinski definition) is 3. The predicted octanol–water partition coefficient (Wildman–Crippen LogP) is 3.43. The molecule has 0 N–H and O–H groups in total. The summed E-state index contributed by atoms with van der Waals surface area (Å²) in [5, 5.41) is 0. The molecule has 0 aliphatic rings. The quantitative estimate of drug-likeness (QED) is 0.491. The van der Waals surface area contributed by atoms with Crippen LogP contribution in [0, 0.1) is 11.8 Å². The fraction of sp³-hybridized carbons (Fsp3) is 0.167. The van der Waals surface area contributed by atoms with E-state index in [-0.39, 0.29) is 6.10 Å². The van der Waals surface area contributed by atoms with Gasteiger partial charge in [-0.2, -0.15) is 0 Å². The first-order valence-electron chi connectivity index (χ1n) is 6.69. The molecule has 0 aliphatic heterocycles. The largest absolute Gasteiger partial charge is 0.491 e. The van der Waals surface area contributed by atoms with E-state index in [9.17, 15) is 4.79 Å². The van der Waals surface area contributed by atoms with E-state index in [2.05, 4.69) is 11.8 Å². The van der Waals surface area contributed by atoms with Crippen LogP contribution in [-0.2, 0) is 4.79 Å². The van der Waals surface area contributed by atoms with E-state index in [0.29, 0.717) is 5.75 Å². The molecule has 106 valence electrons. The molecule has 0 amide bonds. The number of hydrogen-bond donors (Lipinski definition) is 0. The summed E-state index contributed by atoms with van der Waals surface area (Å²) in [6.07, 6.45) is 0.107. The first kappa shape index (κ1) is 14.7. The summed E-state index contributed by atoms with van der Waals surface area (Å²) in [6, 6.07) is 16.2. The van der Waals surface area contributed by atoms with Crippen molar-refractivity contribution in [3.63, 3.8) is 0 Å². The van der Waals surface area contributed by atoms with Crippen LogP contribution in [0.25, 0.3) is 0 Å². The van der Waals surface area contributed by atoms with Crippen molar-refractivity contribution in [1.82, 2.24) is 0 Å². The van der Waals surface area contributed by atoms with Gasteiger partial charge in [-0.05, 0) is 50.2 Å². The van der Waals surface area contributed by atoms with Crippen molar-refractivity contribution in [1.29, 1.82) is 0 Å². The summed E-state index contributed by atoms with van der Waals surface area (Å²) in [7, 11) is 0. The topological polar surface area (TPSA) is 35.5 Å². The van der Waals surface area contributed by atoms with Crippen LogP contribution < -0.4 is 9.47 Å². The lowest BCUT2D eigenvalue weighted by atomic mass is 10.2. The highest BCUT2D eigenvalue weighted by molar-refractivity contribution is 5.90. The number of ether oxygens (including phenoxy) is 2. The van der Waals surface area contributed by atoms with E-state index in [1.807, 2.05) is 44.2 Å². The van der Waals surface area contributed by atoms with Crippen LogP contribution in [0.2, 0.25) is 0 Å². The van der Waals surface area contributed by atoms with E-state index >= 15 is 0 Å². The van der Waals surface area contributed by atoms with Gasteiger partial charge in [-0.3, -0.25) is 0 Å². The molecule has 0 saturated heterocycles. The first-order valence-corrected chi connectivity index (χ1v) is 6.69. The Labute approximate surface area is 124 Å². The van der Waals surface area contributed by atoms with E-state index < -0.39 is 5.97 Å². The summed E-state index contributed by atoms with van der Waals surface area (Å²) < 4.78 is 10.6. The lowest BCUT2D eigenvalue weighted by Gasteiger charge is -2.09. The molecule has 0 aromatic heterocycles. The van der Waals surface area contributed by atoms with Crippen molar-refractivity contribution >= 4 is 5.97 Å². The van der Waals surface area contributed by atoms with Gasteiger partial charge < -0.3 is 9.47 Å². The van der Waals surface area contributed by atoms with Crippen molar-refractivity contribution in [2.45, 2.75) is 20.0 Å². The maximum atomic E-state index is 11.6. The summed E-state index contributed by atoms with van der Waals surface area (Å²) in [6.45, 7) is 3.90. The first-order chi connectivity index (χ1) is 10.1. The average molecular weight is 280 g/mol. The monoisotopic (exact) mass is 280 g/mol. The number of carbonyl (C=O) groups is 1. The van der Waals surface area contributed by atoms with Crippen molar-refractivity contribution in [2.24, 2.45) is 0 Å². The van der Waals surface area contributed by atoms with Gasteiger partial charge in [0, 0.05) is 11.5 Å². The van der Waals surface area contributed by atoms with Crippen LogP contribution >= 0.6 is 0 Å². The molecule has 2 rings (SSSR count). The molecule has 0 atom stereocenters. The molecule has 3 heteroatoms. The van der Waals surface area contributed by atoms with Gasteiger partial charge in [-0.25, -0.2) is 4.79 Å². The Bertz CT molecular complexity index is 646. The summed E-state index contributed by atoms with van der Waals surface area (Å²) in [5.74, 6) is 5.80. The molecule has 0 unspecified atom stereocenters. The summed E-state index contributed by atoms with van der Waals surface area (Å²) in [4.78, 5) is 11.6. The molecule has 2 aromatic carbocycles. The van der Waals surface area contributed by atoms with Crippen LogP contribution in [0.5, 0.6) is 11.5 Å². The molecule has 0 spiro atoms. The maximum Gasteiger partial charge on any atom is 0.390 e. The Hall–Kier alpha value is -2.73. The Balaban J connectivity index is 1.95. The fourth-order valence-electron chi connectivity index (χ4n) is 1.64. The number of benzene rings is 2. The van der Waals surface area contributed by atoms with Crippen molar-refractivity contribution < 1.29 is 14.3 Å². The van der Waals surface area contributed by atoms with Gasteiger partial charge in [-0.1, -0.05) is 24.1 Å². The number of carbonyl (C=O) groups excluding carboxylic acids is 1. The Morgan fingerprint density at radius 1 is 0.952 bits per heavy atom. The second-order valence-electron chi connectivity index (χ2n) is 4.64. The highest BCUT2D eigenvalue weighted by Crippen LogP contribution is 2.18. The highest BCUT2D eigenvalue weighted by Gasteiger charge is 2.02. The van der Waals surface area contributed by atoms with Crippen LogP contribution in [0.4, 0.5) is 0 Å². The Morgan fingerprint density at radius 3 is 2.19 bits per heavy atom. The Kier molecular flexibility index (Phi) is 5.00. The molecular weight excluding hydrogens is 264 g/mol. The molecule has 21 heavy (non-hydrogen) atoms. The third-order valence-corrected chi connectivity index (χ3v) is 2.49. The van der Waals surface area contributed by atoms with E-state index in [4.69, 9.17) is 9.47 Å². The molecule has 2 aromatic rings. The van der Waals surface area contributed by atoms with Gasteiger partial charge in [0.2, 0.25) is 0 Å². The van der Waals surface area contributed by atoms with Gasteiger partial charge >= 0.3 is 5.97 Å². The van der Waals surface area contributed by atoms with Crippen LogP contribution in [0.1, 0.15) is 19.4 Å². The van der Waals surface area contributed by atoms with Gasteiger partial charge in [0.1, 0.15) is 11.5 Å². The lowest BCUT2D eigenvalue weighted by Crippen LogP contribution is -2.06. The van der Waals surface area contributed by atoms with E-state index in [1.165, 1.54) is 0 Å². The van der Waals surface area contributed by atoms with Crippen LogP contribution in [0.3, 0.4) is 0 Å². The highest BCUT2D eigenvalue weighted by atomic mass is 16.5. The SMILES string of the molecule is CC(C)Oc1ccc(OC(=O)C#Cc2ccccc2)cc1. The molecule has 0 saturated carbocycles. The Morgan fingerprint density at radius 2 is 1.57 bits per heavy atom. The molecule has 0 heterocycles. The van der Waals surface area contributed by atoms with E-state index in [0.717, 1.165) is 11.3 Å². The molecule has 3 nitrogen and oxygen atoms in total. The fourth-order valence-corrected chi connectivity index (χ4v) is 1.64. The van der Waals surface area contributed by atoms with Gasteiger partial charge in [0.15, 0.2) is 0 Å². The zero-order valence-corrected chi connectivity index (χ0v) is 12.0. The molecule has 0 bridgehead atoms. The molecular formula is C18H16O3. The molecule has 0 fully saturated rings. The van der Waals surface area contributed by atoms with Crippen LogP contribution in [0.15, 0.2) is 54.6 Å². The van der Waals surface area contributed by atoms with Crippen molar-refractivity contribution in [3.8, 4) is 23.3 Å². The van der Waals surface area contributed by atoms with Gasteiger partial charge in [0.05, 0.1) is 6.10 Å². The lowest BCUT2D eigenvalue weighted by molar-refractivity contribution is -0.128. The third-order valence-electron chi connectivity index (χ3n) is 2.49. The number of esters is 1. The number of rotatable bonds is 3. The second-order valence-corrected chi connectivity index (χ2v) is 4.64. The predicted molar refractivity (Wildman–Crippen MR) is 81.2 cm³/mol. The second kappa shape index (κ2) is 7.16. The molecule has 0 aliphatic carbocycles. The van der Waals surface area contributed by atoms with Gasteiger partial charge in [-0.15, -0.1) is 0 Å². The minimum Gasteiger partial charge on any atom is -0.491 e. The minimum atomic E-state index is -0.587. The molecule has 0 radical (unpaired) electrons. The standard InChI is InChI=1S/C18H16O3/c1-14(2)20-16-9-11-17(12-10-16)21-18(19)13-8-15-6-4-3-5-7-15/h3-7,9-12,14H,1-2H3. The van der Waals surface area contributed by atoms with Crippen LogP contribution in [-0.4, -0.2) is 12.1 Å². The van der Waals surface area contributed by atoms with E-state index in [1.54, 1.807) is 24.3 Å².